The molecule has 0 aromatic heterocycles. The molecule has 4 rings (SSSR count). The van der Waals surface area contributed by atoms with E-state index in [0.717, 1.165) is 37.7 Å². The van der Waals surface area contributed by atoms with Crippen LogP contribution in [0.5, 0.6) is 0 Å². The molecule has 33 heavy (non-hydrogen) atoms. The molecular formula is C26H28N4O3. The van der Waals surface area contributed by atoms with Gasteiger partial charge < -0.3 is 25.2 Å². The SMILES string of the molecule is CN(CC(=O)Nc1ccc(N2CCOCC2)cc1)C(=O)c1ccccc1Nc1ccccc1. The van der Waals surface area contributed by atoms with E-state index < -0.39 is 0 Å². The van der Waals surface area contributed by atoms with Crippen LogP contribution in [-0.4, -0.2) is 56.6 Å². The van der Waals surface area contributed by atoms with Crippen LogP contribution in [0.1, 0.15) is 10.4 Å². The third-order valence-corrected chi connectivity index (χ3v) is 5.47. The predicted molar refractivity (Wildman–Crippen MR) is 131 cm³/mol. The highest BCUT2D eigenvalue weighted by Gasteiger charge is 2.18. The zero-order valence-electron chi connectivity index (χ0n) is 18.7. The molecule has 7 heteroatoms. The summed E-state index contributed by atoms with van der Waals surface area (Å²) in [5, 5.41) is 6.15. The van der Waals surface area contributed by atoms with Crippen molar-refractivity contribution >= 4 is 34.6 Å². The molecule has 3 aromatic carbocycles. The summed E-state index contributed by atoms with van der Waals surface area (Å²) in [7, 11) is 1.63. The summed E-state index contributed by atoms with van der Waals surface area (Å²) in [5.74, 6) is -0.481. The van der Waals surface area contributed by atoms with E-state index in [1.807, 2.05) is 72.8 Å². The number of nitrogens with one attached hydrogen (secondary N) is 2. The number of amides is 2. The summed E-state index contributed by atoms with van der Waals surface area (Å²) in [6.45, 7) is 3.12. The third kappa shape index (κ3) is 5.90. The fourth-order valence-corrected chi connectivity index (χ4v) is 3.73. The Morgan fingerprint density at radius 3 is 2.27 bits per heavy atom. The number of morpholine rings is 1. The molecule has 3 aromatic rings. The van der Waals surface area contributed by atoms with Gasteiger partial charge in [0.15, 0.2) is 0 Å². The lowest BCUT2D eigenvalue weighted by Gasteiger charge is -2.28. The van der Waals surface area contributed by atoms with Crippen LogP contribution in [-0.2, 0) is 9.53 Å². The largest absolute Gasteiger partial charge is 0.378 e. The summed E-state index contributed by atoms with van der Waals surface area (Å²) in [4.78, 5) is 29.3. The smallest absolute Gasteiger partial charge is 0.256 e. The van der Waals surface area contributed by atoms with Crippen molar-refractivity contribution in [3.05, 3.63) is 84.4 Å². The van der Waals surface area contributed by atoms with E-state index in [1.54, 1.807) is 13.1 Å². The summed E-state index contributed by atoms with van der Waals surface area (Å²) in [6, 6.07) is 24.7. The Hall–Kier alpha value is -3.84. The van der Waals surface area contributed by atoms with Gasteiger partial charge in [0, 0.05) is 37.2 Å². The van der Waals surface area contributed by atoms with Gasteiger partial charge in [-0.15, -0.1) is 0 Å². The Labute approximate surface area is 194 Å². The van der Waals surface area contributed by atoms with Crippen molar-refractivity contribution < 1.29 is 14.3 Å². The molecule has 2 N–H and O–H groups in total. The highest BCUT2D eigenvalue weighted by Crippen LogP contribution is 2.22. The zero-order chi connectivity index (χ0) is 23.0. The number of benzene rings is 3. The average Bonchev–Trinajstić information content (AvgIpc) is 2.85. The van der Waals surface area contributed by atoms with Crippen molar-refractivity contribution in [2.24, 2.45) is 0 Å². The number of hydrogen-bond acceptors (Lipinski definition) is 5. The van der Waals surface area contributed by atoms with E-state index >= 15 is 0 Å². The van der Waals surface area contributed by atoms with E-state index in [0.29, 0.717) is 16.9 Å². The van der Waals surface area contributed by atoms with E-state index in [1.165, 1.54) is 4.90 Å². The fourth-order valence-electron chi connectivity index (χ4n) is 3.73. The standard InChI is InChI=1S/C26H28N4O3/c1-29(26(32)23-9-5-6-10-24(23)27-20-7-3-2-4-8-20)19-25(31)28-21-11-13-22(14-12-21)30-15-17-33-18-16-30/h2-14,27H,15-19H2,1H3,(H,28,31). The highest BCUT2D eigenvalue weighted by atomic mass is 16.5. The van der Waals surface area contributed by atoms with Crippen LogP contribution >= 0.6 is 0 Å². The number of hydrogen-bond donors (Lipinski definition) is 2. The Kier molecular flexibility index (Phi) is 7.22. The molecule has 1 heterocycles. The minimum absolute atomic E-state index is 0.0519. The quantitative estimate of drug-likeness (QED) is 0.577. The first kappa shape index (κ1) is 22.4. The molecule has 2 amide bonds. The Balaban J connectivity index is 1.35. The molecule has 1 aliphatic heterocycles. The average molecular weight is 445 g/mol. The molecule has 170 valence electrons. The minimum Gasteiger partial charge on any atom is -0.378 e. The lowest BCUT2D eigenvalue weighted by Crippen LogP contribution is -2.36. The van der Waals surface area contributed by atoms with E-state index in [-0.39, 0.29) is 18.4 Å². The number of para-hydroxylation sites is 2. The molecule has 7 nitrogen and oxygen atoms in total. The van der Waals surface area contributed by atoms with Crippen LogP contribution in [0.2, 0.25) is 0 Å². The number of carbonyl (C=O) groups is 2. The summed E-state index contributed by atoms with van der Waals surface area (Å²) >= 11 is 0. The Morgan fingerprint density at radius 1 is 0.879 bits per heavy atom. The monoisotopic (exact) mass is 444 g/mol. The molecule has 0 bridgehead atoms. The topological polar surface area (TPSA) is 73.9 Å². The van der Waals surface area contributed by atoms with Crippen molar-refractivity contribution in [2.75, 3.05) is 55.4 Å². The van der Waals surface area contributed by atoms with E-state index in [9.17, 15) is 9.59 Å². The maximum atomic E-state index is 13.1. The van der Waals surface area contributed by atoms with Gasteiger partial charge in [-0.05, 0) is 48.5 Å². The number of rotatable bonds is 7. The normalized spacial score (nSPS) is 13.3. The minimum atomic E-state index is -0.251. The van der Waals surface area contributed by atoms with Gasteiger partial charge in [0.1, 0.15) is 0 Å². The first-order valence-corrected chi connectivity index (χ1v) is 11.0. The molecule has 0 unspecified atom stereocenters. The molecule has 0 atom stereocenters. The second kappa shape index (κ2) is 10.7. The van der Waals surface area contributed by atoms with Crippen LogP contribution in [0.3, 0.4) is 0 Å². The molecular weight excluding hydrogens is 416 g/mol. The van der Waals surface area contributed by atoms with Gasteiger partial charge in [-0.2, -0.15) is 0 Å². The van der Waals surface area contributed by atoms with Crippen molar-refractivity contribution in [3.8, 4) is 0 Å². The maximum Gasteiger partial charge on any atom is 0.256 e. The lowest BCUT2D eigenvalue weighted by atomic mass is 10.1. The van der Waals surface area contributed by atoms with Gasteiger partial charge in [0.25, 0.3) is 5.91 Å². The lowest BCUT2D eigenvalue weighted by molar-refractivity contribution is -0.116. The number of likely N-dealkylation sites (N-methyl/N-ethyl adjacent to an activating group) is 1. The summed E-state index contributed by atoms with van der Waals surface area (Å²) in [5.41, 5.74) is 3.89. The van der Waals surface area contributed by atoms with E-state index in [4.69, 9.17) is 4.74 Å². The van der Waals surface area contributed by atoms with Gasteiger partial charge in [0.05, 0.1) is 31.0 Å². The molecule has 1 saturated heterocycles. The summed E-state index contributed by atoms with van der Waals surface area (Å²) in [6.07, 6.45) is 0. The first-order chi connectivity index (χ1) is 16.1. The van der Waals surface area contributed by atoms with Crippen molar-refractivity contribution in [1.29, 1.82) is 0 Å². The van der Waals surface area contributed by atoms with Crippen molar-refractivity contribution in [2.45, 2.75) is 0 Å². The molecule has 0 aliphatic carbocycles. The second-order valence-corrected chi connectivity index (χ2v) is 7.89. The Morgan fingerprint density at radius 2 is 1.55 bits per heavy atom. The molecule has 0 radical (unpaired) electrons. The zero-order valence-corrected chi connectivity index (χ0v) is 18.7. The van der Waals surface area contributed by atoms with Gasteiger partial charge in [-0.3, -0.25) is 9.59 Å². The number of carbonyl (C=O) groups excluding carboxylic acids is 2. The van der Waals surface area contributed by atoms with Crippen LogP contribution in [0.15, 0.2) is 78.9 Å². The van der Waals surface area contributed by atoms with Gasteiger partial charge >= 0.3 is 0 Å². The van der Waals surface area contributed by atoms with Crippen LogP contribution in [0.25, 0.3) is 0 Å². The molecule has 0 saturated carbocycles. The third-order valence-electron chi connectivity index (χ3n) is 5.47. The molecule has 1 aliphatic rings. The van der Waals surface area contributed by atoms with Crippen LogP contribution < -0.4 is 15.5 Å². The second-order valence-electron chi connectivity index (χ2n) is 7.89. The highest BCUT2D eigenvalue weighted by molar-refractivity contribution is 6.03. The number of ether oxygens (including phenoxy) is 1. The van der Waals surface area contributed by atoms with Gasteiger partial charge in [-0.25, -0.2) is 0 Å². The first-order valence-electron chi connectivity index (χ1n) is 11.0. The Bertz CT molecular complexity index is 1080. The predicted octanol–water partition coefficient (Wildman–Crippen LogP) is 3.98. The number of anilines is 4. The maximum absolute atomic E-state index is 13.1. The van der Waals surface area contributed by atoms with Crippen molar-refractivity contribution in [1.82, 2.24) is 4.90 Å². The van der Waals surface area contributed by atoms with Gasteiger partial charge in [0.2, 0.25) is 5.91 Å². The molecule has 1 fully saturated rings. The summed E-state index contributed by atoms with van der Waals surface area (Å²) < 4.78 is 5.39. The van der Waals surface area contributed by atoms with E-state index in [2.05, 4.69) is 15.5 Å². The van der Waals surface area contributed by atoms with Crippen LogP contribution in [0, 0.1) is 0 Å². The fraction of sp³-hybridized carbons (Fsp3) is 0.231. The molecule has 0 spiro atoms. The number of nitrogens with zero attached hydrogens (tertiary/aromatic N) is 2. The van der Waals surface area contributed by atoms with Gasteiger partial charge in [-0.1, -0.05) is 30.3 Å². The van der Waals surface area contributed by atoms with Crippen LogP contribution in [0.4, 0.5) is 22.7 Å². The van der Waals surface area contributed by atoms with Crippen molar-refractivity contribution in [3.63, 3.8) is 0 Å².